The summed E-state index contributed by atoms with van der Waals surface area (Å²) in [4.78, 5) is 15.9. The van der Waals surface area contributed by atoms with Gasteiger partial charge in [0.1, 0.15) is 0 Å². The van der Waals surface area contributed by atoms with Gasteiger partial charge in [-0.25, -0.2) is 4.74 Å². The lowest BCUT2D eigenvalue weighted by molar-refractivity contribution is 0.719. The van der Waals surface area contributed by atoms with Crippen molar-refractivity contribution in [3.05, 3.63) is 91.0 Å². The van der Waals surface area contributed by atoms with Crippen LogP contribution in [-0.4, -0.2) is 28.0 Å². The van der Waals surface area contributed by atoms with E-state index in [1.165, 1.54) is 0 Å². The van der Waals surface area contributed by atoms with Crippen molar-refractivity contribution < 1.29 is 0 Å². The lowest BCUT2D eigenvalue weighted by atomic mass is 10.4. The first kappa shape index (κ1) is 23.7. The largest absolute Gasteiger partial charge is 0.368 e. The minimum atomic E-state index is -2.48. The SMILES string of the molecule is CCCN(CCC)c1nc(N)nc(N=P(c2ccccc2)(c2ccccc2)c2ccccc2)n1. The summed E-state index contributed by atoms with van der Waals surface area (Å²) in [6.07, 6.45) is 1.99. The second kappa shape index (κ2) is 11.1. The third-order valence-corrected chi connectivity index (χ3v) is 9.14. The average Bonchev–Trinajstić information content (AvgIpc) is 2.88. The smallest absolute Gasteiger partial charge is 0.255 e. The molecule has 0 amide bonds. The molecule has 34 heavy (non-hydrogen) atoms. The molecule has 0 aliphatic carbocycles. The van der Waals surface area contributed by atoms with Gasteiger partial charge in [-0.2, -0.15) is 15.0 Å². The molecule has 174 valence electrons. The topological polar surface area (TPSA) is 80.3 Å². The Morgan fingerprint density at radius 3 is 1.53 bits per heavy atom. The van der Waals surface area contributed by atoms with E-state index in [0.717, 1.165) is 41.8 Å². The van der Waals surface area contributed by atoms with Crippen LogP contribution in [-0.2, 0) is 0 Å². The molecule has 0 saturated heterocycles. The van der Waals surface area contributed by atoms with Gasteiger partial charge in [-0.3, -0.25) is 0 Å². The Bertz CT molecular complexity index is 1140. The molecule has 0 fully saturated rings. The average molecular weight is 471 g/mol. The van der Waals surface area contributed by atoms with Gasteiger partial charge in [0.05, 0.1) is 7.05 Å². The zero-order valence-corrected chi connectivity index (χ0v) is 20.6. The molecule has 3 aromatic carbocycles. The minimum Gasteiger partial charge on any atom is -0.368 e. The number of rotatable bonds is 9. The van der Waals surface area contributed by atoms with Crippen LogP contribution in [0.2, 0.25) is 0 Å². The van der Waals surface area contributed by atoms with Gasteiger partial charge in [0.15, 0.2) is 0 Å². The van der Waals surface area contributed by atoms with Crippen molar-refractivity contribution in [2.24, 2.45) is 4.74 Å². The van der Waals surface area contributed by atoms with Crippen LogP contribution in [0.25, 0.3) is 0 Å². The number of hydrogen-bond acceptors (Lipinski definition) is 6. The number of nitrogen functional groups attached to an aromatic ring is 1. The molecule has 2 N–H and O–H groups in total. The van der Waals surface area contributed by atoms with Crippen LogP contribution in [0.3, 0.4) is 0 Å². The van der Waals surface area contributed by atoms with E-state index in [1.54, 1.807) is 0 Å². The monoisotopic (exact) mass is 470 g/mol. The van der Waals surface area contributed by atoms with Gasteiger partial charge in [-0.1, -0.05) is 105 Å². The third-order valence-electron chi connectivity index (χ3n) is 5.53. The number of aromatic nitrogens is 3. The highest BCUT2D eigenvalue weighted by molar-refractivity contribution is 7.87. The predicted molar refractivity (Wildman–Crippen MR) is 144 cm³/mol. The summed E-state index contributed by atoms with van der Waals surface area (Å²) in [5.74, 6) is 1.14. The maximum Gasteiger partial charge on any atom is 0.255 e. The van der Waals surface area contributed by atoms with Gasteiger partial charge < -0.3 is 10.6 Å². The molecule has 1 heterocycles. The molecule has 4 aromatic rings. The van der Waals surface area contributed by atoms with E-state index in [1.807, 2.05) is 18.2 Å². The number of anilines is 2. The fraction of sp³-hybridized carbons (Fsp3) is 0.222. The molecular weight excluding hydrogens is 439 g/mol. The van der Waals surface area contributed by atoms with Gasteiger partial charge in [-0.05, 0) is 12.8 Å². The Hall–Kier alpha value is -3.50. The van der Waals surface area contributed by atoms with Crippen molar-refractivity contribution in [3.8, 4) is 0 Å². The second-order valence-electron chi connectivity index (χ2n) is 8.02. The summed E-state index contributed by atoms with van der Waals surface area (Å²) >= 11 is 0. The molecule has 0 bridgehead atoms. The Kier molecular flexibility index (Phi) is 7.71. The molecule has 7 heteroatoms. The van der Waals surface area contributed by atoms with Crippen molar-refractivity contribution in [3.63, 3.8) is 0 Å². The highest BCUT2D eigenvalue weighted by atomic mass is 31.2. The summed E-state index contributed by atoms with van der Waals surface area (Å²) < 4.78 is 5.37. The van der Waals surface area contributed by atoms with E-state index < -0.39 is 7.05 Å². The standard InChI is InChI=1S/C27H31N6P/c1-3-20-33(21-4-2)27-30-25(28)29-26(31-27)32-34(22-14-8-5-9-15-22,23-16-10-6-11-17-23)24-18-12-7-13-19-24/h5-19H,3-4,20-21H2,1-2H3,(H2,28,29,30,31). The van der Waals surface area contributed by atoms with Crippen LogP contribution in [0.5, 0.6) is 0 Å². The molecule has 0 radical (unpaired) electrons. The molecule has 0 saturated carbocycles. The lowest BCUT2D eigenvalue weighted by Gasteiger charge is -2.26. The first-order valence-electron chi connectivity index (χ1n) is 11.7. The number of nitrogens with zero attached hydrogens (tertiary/aromatic N) is 5. The number of hydrogen-bond donors (Lipinski definition) is 1. The minimum absolute atomic E-state index is 0.188. The van der Waals surface area contributed by atoms with E-state index in [0.29, 0.717) is 11.9 Å². The lowest BCUT2D eigenvalue weighted by Crippen LogP contribution is -2.27. The maximum absolute atomic E-state index is 6.19. The Labute approximate surface area is 202 Å². The fourth-order valence-corrected chi connectivity index (χ4v) is 7.50. The molecule has 0 atom stereocenters. The molecular formula is C27H31N6P. The normalized spacial score (nSPS) is 11.2. The van der Waals surface area contributed by atoms with Gasteiger partial charge in [0.2, 0.25) is 11.9 Å². The number of nitrogens with two attached hydrogens (primary N) is 1. The summed E-state index contributed by atoms with van der Waals surface area (Å²) in [6.45, 7) is 6.00. The van der Waals surface area contributed by atoms with E-state index in [9.17, 15) is 0 Å². The van der Waals surface area contributed by atoms with Gasteiger partial charge in [0, 0.05) is 29.0 Å². The number of benzene rings is 3. The fourth-order valence-electron chi connectivity index (χ4n) is 4.09. The zero-order chi connectivity index (χ0) is 23.8. The highest BCUT2D eigenvalue weighted by Crippen LogP contribution is 2.48. The van der Waals surface area contributed by atoms with Crippen molar-refractivity contribution in [1.29, 1.82) is 0 Å². The summed E-state index contributed by atoms with van der Waals surface area (Å²) in [5.41, 5.74) is 6.19. The Balaban J connectivity index is 2.03. The van der Waals surface area contributed by atoms with Crippen molar-refractivity contribution in [2.75, 3.05) is 23.7 Å². The van der Waals surface area contributed by atoms with Crippen LogP contribution in [0.15, 0.2) is 95.7 Å². The first-order valence-corrected chi connectivity index (χ1v) is 13.5. The van der Waals surface area contributed by atoms with Crippen LogP contribution in [0.4, 0.5) is 17.8 Å². The molecule has 1 aromatic heterocycles. The molecule has 0 aliphatic rings. The predicted octanol–water partition coefficient (Wildman–Crippen LogP) is 4.89. The van der Waals surface area contributed by atoms with E-state index in [4.69, 9.17) is 15.5 Å². The van der Waals surface area contributed by atoms with Crippen molar-refractivity contribution in [1.82, 2.24) is 15.0 Å². The third kappa shape index (κ3) is 5.02. The van der Waals surface area contributed by atoms with Gasteiger partial charge in [0.25, 0.3) is 5.95 Å². The van der Waals surface area contributed by atoms with Gasteiger partial charge >= 0.3 is 0 Å². The second-order valence-corrected chi connectivity index (χ2v) is 11.0. The molecule has 4 rings (SSSR count). The summed E-state index contributed by atoms with van der Waals surface area (Å²) in [6, 6.07) is 31.3. The quantitative estimate of drug-likeness (QED) is 0.352. The molecule has 0 spiro atoms. The molecule has 0 unspecified atom stereocenters. The molecule has 0 aliphatic heterocycles. The van der Waals surface area contributed by atoms with Crippen LogP contribution in [0.1, 0.15) is 26.7 Å². The Morgan fingerprint density at radius 2 is 1.12 bits per heavy atom. The summed E-state index contributed by atoms with van der Waals surface area (Å²) in [5, 5.41) is 3.39. The zero-order valence-electron chi connectivity index (χ0n) is 19.7. The Morgan fingerprint density at radius 1 is 0.676 bits per heavy atom. The van der Waals surface area contributed by atoms with Crippen LogP contribution in [0, 0.1) is 0 Å². The van der Waals surface area contributed by atoms with Crippen molar-refractivity contribution >= 4 is 40.8 Å². The summed E-state index contributed by atoms with van der Waals surface area (Å²) in [7, 11) is -2.48. The van der Waals surface area contributed by atoms with Crippen LogP contribution >= 0.6 is 7.05 Å². The van der Waals surface area contributed by atoms with Crippen LogP contribution < -0.4 is 26.5 Å². The van der Waals surface area contributed by atoms with Crippen molar-refractivity contribution in [2.45, 2.75) is 26.7 Å². The van der Waals surface area contributed by atoms with E-state index >= 15 is 0 Å². The van der Waals surface area contributed by atoms with Gasteiger partial charge in [-0.15, -0.1) is 0 Å². The maximum atomic E-state index is 6.19. The molecule has 6 nitrogen and oxygen atoms in total. The first-order chi connectivity index (χ1) is 16.7. The van der Waals surface area contributed by atoms with E-state index in [-0.39, 0.29) is 5.95 Å². The van der Waals surface area contributed by atoms with E-state index in [2.05, 4.69) is 102 Å². The highest BCUT2D eigenvalue weighted by Gasteiger charge is 2.28.